The van der Waals surface area contributed by atoms with Gasteiger partial charge >= 0.3 is 0 Å². The van der Waals surface area contributed by atoms with E-state index < -0.39 is 0 Å². The highest BCUT2D eigenvalue weighted by atomic mass is 16.5. The smallest absolute Gasteiger partial charge is 0.119 e. The summed E-state index contributed by atoms with van der Waals surface area (Å²) in [5.41, 5.74) is 1.40. The molecule has 27 heavy (non-hydrogen) atoms. The molecule has 1 fully saturated rings. The summed E-state index contributed by atoms with van der Waals surface area (Å²) in [7, 11) is 0. The Labute approximate surface area is 168 Å². The summed E-state index contributed by atoms with van der Waals surface area (Å²) < 4.78 is 5.90. The third-order valence-electron chi connectivity index (χ3n) is 5.83. The Bertz CT molecular complexity index is 480. The summed E-state index contributed by atoms with van der Waals surface area (Å²) >= 11 is 0. The summed E-state index contributed by atoms with van der Waals surface area (Å²) in [4.78, 5) is 5.24. The van der Waals surface area contributed by atoms with Crippen LogP contribution in [-0.2, 0) is 6.54 Å². The standard InChI is InChI=1S/C24H42N2O/c1-4-6-7-8-9-10-20-27-24-14-12-23(13-15-24)21-25-16-18-26(19-17-25)22(3)11-5-2/h12-15,22H,4-11,16-21H2,1-3H3. The predicted octanol–water partition coefficient (Wildman–Crippen LogP) is 5.73. The first-order chi connectivity index (χ1) is 13.2. The van der Waals surface area contributed by atoms with E-state index in [1.165, 1.54) is 83.1 Å². The van der Waals surface area contributed by atoms with Crippen molar-refractivity contribution in [2.75, 3.05) is 32.8 Å². The molecular formula is C24H42N2O. The summed E-state index contributed by atoms with van der Waals surface area (Å²) in [6.07, 6.45) is 10.5. The molecule has 1 aliphatic rings. The van der Waals surface area contributed by atoms with Crippen molar-refractivity contribution in [3.63, 3.8) is 0 Å². The Balaban J connectivity index is 1.62. The number of rotatable bonds is 13. The molecule has 154 valence electrons. The average Bonchev–Trinajstić information content (AvgIpc) is 2.69. The lowest BCUT2D eigenvalue weighted by molar-refractivity contribution is 0.0943. The molecule has 1 saturated heterocycles. The summed E-state index contributed by atoms with van der Waals surface area (Å²) in [5.74, 6) is 1.02. The van der Waals surface area contributed by atoms with Crippen LogP contribution in [0.4, 0.5) is 0 Å². The maximum atomic E-state index is 5.90. The summed E-state index contributed by atoms with van der Waals surface area (Å²) in [6.45, 7) is 13.6. The van der Waals surface area contributed by atoms with Gasteiger partial charge in [0.05, 0.1) is 6.61 Å². The quantitative estimate of drug-likeness (QED) is 0.410. The molecule has 1 aliphatic heterocycles. The lowest BCUT2D eigenvalue weighted by Gasteiger charge is -2.38. The normalized spacial score (nSPS) is 17.1. The topological polar surface area (TPSA) is 15.7 Å². The molecule has 0 aromatic heterocycles. The highest BCUT2D eigenvalue weighted by Crippen LogP contribution is 2.17. The Kier molecular flexibility index (Phi) is 10.8. The number of unbranched alkanes of at least 4 members (excludes halogenated alkanes) is 5. The summed E-state index contributed by atoms with van der Waals surface area (Å²) in [6, 6.07) is 9.50. The molecule has 3 heteroatoms. The van der Waals surface area contributed by atoms with Crippen molar-refractivity contribution < 1.29 is 4.74 Å². The number of ether oxygens (including phenoxy) is 1. The zero-order valence-corrected chi connectivity index (χ0v) is 18.1. The van der Waals surface area contributed by atoms with Crippen molar-refractivity contribution in [2.45, 2.75) is 84.7 Å². The number of benzene rings is 1. The van der Waals surface area contributed by atoms with Crippen LogP contribution in [-0.4, -0.2) is 48.6 Å². The lowest BCUT2D eigenvalue weighted by atomic mass is 10.1. The molecule has 0 amide bonds. The van der Waals surface area contributed by atoms with Gasteiger partial charge in [-0.05, 0) is 37.5 Å². The molecule has 0 spiro atoms. The SMILES string of the molecule is CCCCCCCCOc1ccc(CN2CCN(C(C)CCC)CC2)cc1. The van der Waals surface area contributed by atoms with E-state index in [1.54, 1.807) is 0 Å². The van der Waals surface area contributed by atoms with Gasteiger partial charge in [0.25, 0.3) is 0 Å². The second-order valence-corrected chi connectivity index (χ2v) is 8.21. The monoisotopic (exact) mass is 374 g/mol. The maximum Gasteiger partial charge on any atom is 0.119 e. The number of piperazine rings is 1. The van der Waals surface area contributed by atoms with Gasteiger partial charge in [0, 0.05) is 38.8 Å². The van der Waals surface area contributed by atoms with Gasteiger partial charge in [-0.1, -0.05) is 64.5 Å². The van der Waals surface area contributed by atoms with E-state index in [-0.39, 0.29) is 0 Å². The second kappa shape index (κ2) is 13.2. The van der Waals surface area contributed by atoms with Gasteiger partial charge in [-0.3, -0.25) is 9.80 Å². The van der Waals surface area contributed by atoms with Gasteiger partial charge in [-0.2, -0.15) is 0 Å². The molecule has 1 aromatic rings. The fraction of sp³-hybridized carbons (Fsp3) is 0.750. The van der Waals surface area contributed by atoms with E-state index in [1.807, 2.05) is 0 Å². The lowest BCUT2D eigenvalue weighted by Crippen LogP contribution is -2.49. The first-order valence-electron chi connectivity index (χ1n) is 11.4. The Morgan fingerprint density at radius 2 is 1.52 bits per heavy atom. The van der Waals surface area contributed by atoms with Crippen molar-refractivity contribution >= 4 is 0 Å². The maximum absolute atomic E-state index is 5.90. The number of nitrogens with zero attached hydrogens (tertiary/aromatic N) is 2. The first-order valence-corrected chi connectivity index (χ1v) is 11.4. The van der Waals surface area contributed by atoms with E-state index in [2.05, 4.69) is 54.8 Å². The Morgan fingerprint density at radius 3 is 2.19 bits per heavy atom. The third-order valence-corrected chi connectivity index (χ3v) is 5.83. The van der Waals surface area contributed by atoms with E-state index in [0.717, 1.165) is 24.9 Å². The molecule has 0 saturated carbocycles. The van der Waals surface area contributed by atoms with Gasteiger partial charge in [-0.25, -0.2) is 0 Å². The zero-order chi connectivity index (χ0) is 19.3. The molecule has 1 heterocycles. The largest absolute Gasteiger partial charge is 0.494 e. The van der Waals surface area contributed by atoms with Crippen molar-refractivity contribution in [3.8, 4) is 5.75 Å². The molecule has 2 rings (SSSR count). The predicted molar refractivity (Wildman–Crippen MR) is 117 cm³/mol. The fourth-order valence-corrected chi connectivity index (χ4v) is 3.98. The van der Waals surface area contributed by atoms with Crippen molar-refractivity contribution in [1.82, 2.24) is 9.80 Å². The van der Waals surface area contributed by atoms with Crippen LogP contribution in [0.3, 0.4) is 0 Å². The van der Waals surface area contributed by atoms with Crippen LogP contribution in [0.15, 0.2) is 24.3 Å². The number of hydrogen-bond donors (Lipinski definition) is 0. The van der Waals surface area contributed by atoms with Gasteiger partial charge in [0.15, 0.2) is 0 Å². The van der Waals surface area contributed by atoms with E-state index >= 15 is 0 Å². The van der Waals surface area contributed by atoms with Crippen LogP contribution in [0, 0.1) is 0 Å². The molecule has 0 bridgehead atoms. The van der Waals surface area contributed by atoms with Crippen LogP contribution in [0.25, 0.3) is 0 Å². The first kappa shape index (κ1) is 22.2. The molecule has 0 radical (unpaired) electrons. The molecule has 3 nitrogen and oxygen atoms in total. The van der Waals surface area contributed by atoms with Gasteiger partial charge in [0.2, 0.25) is 0 Å². The molecule has 0 N–H and O–H groups in total. The molecular weight excluding hydrogens is 332 g/mol. The highest BCUT2D eigenvalue weighted by molar-refractivity contribution is 5.27. The van der Waals surface area contributed by atoms with Crippen LogP contribution < -0.4 is 4.74 Å². The minimum Gasteiger partial charge on any atom is -0.494 e. The highest BCUT2D eigenvalue weighted by Gasteiger charge is 2.20. The van der Waals surface area contributed by atoms with Gasteiger partial charge in [0.1, 0.15) is 5.75 Å². The van der Waals surface area contributed by atoms with Crippen LogP contribution >= 0.6 is 0 Å². The minimum atomic E-state index is 0.736. The van der Waals surface area contributed by atoms with Gasteiger partial charge in [-0.15, -0.1) is 0 Å². The van der Waals surface area contributed by atoms with E-state index in [0.29, 0.717) is 0 Å². The molecule has 1 atom stereocenters. The third kappa shape index (κ3) is 8.66. The average molecular weight is 375 g/mol. The van der Waals surface area contributed by atoms with Gasteiger partial charge < -0.3 is 4.74 Å². The van der Waals surface area contributed by atoms with Crippen molar-refractivity contribution in [3.05, 3.63) is 29.8 Å². The number of hydrogen-bond acceptors (Lipinski definition) is 3. The van der Waals surface area contributed by atoms with E-state index in [9.17, 15) is 0 Å². The summed E-state index contributed by atoms with van der Waals surface area (Å²) in [5, 5.41) is 0. The fourth-order valence-electron chi connectivity index (χ4n) is 3.98. The van der Waals surface area contributed by atoms with Crippen molar-refractivity contribution in [1.29, 1.82) is 0 Å². The van der Waals surface area contributed by atoms with Crippen LogP contribution in [0.1, 0.15) is 77.7 Å². The zero-order valence-electron chi connectivity index (χ0n) is 18.1. The Morgan fingerprint density at radius 1 is 0.852 bits per heavy atom. The molecule has 1 aromatic carbocycles. The minimum absolute atomic E-state index is 0.736. The van der Waals surface area contributed by atoms with Crippen LogP contribution in [0.2, 0.25) is 0 Å². The van der Waals surface area contributed by atoms with Crippen LogP contribution in [0.5, 0.6) is 5.75 Å². The Hall–Kier alpha value is -1.06. The van der Waals surface area contributed by atoms with E-state index in [4.69, 9.17) is 4.74 Å². The molecule has 1 unspecified atom stereocenters. The second-order valence-electron chi connectivity index (χ2n) is 8.21. The molecule has 0 aliphatic carbocycles. The van der Waals surface area contributed by atoms with Crippen molar-refractivity contribution in [2.24, 2.45) is 0 Å².